The number of amides is 1. The maximum absolute atomic E-state index is 12.1. The van der Waals surface area contributed by atoms with Crippen LogP contribution in [0.3, 0.4) is 0 Å². The number of primary sulfonamides is 1. The van der Waals surface area contributed by atoms with Gasteiger partial charge < -0.3 is 10.5 Å². The van der Waals surface area contributed by atoms with Gasteiger partial charge in [-0.05, 0) is 20.8 Å². The molecule has 0 aromatic heterocycles. The van der Waals surface area contributed by atoms with Crippen LogP contribution in [0.5, 0.6) is 0 Å². The zero-order valence-corrected chi connectivity index (χ0v) is 13.0. The average molecular weight is 311 g/mol. The summed E-state index contributed by atoms with van der Waals surface area (Å²) in [5.41, 5.74) is 4.83. The van der Waals surface area contributed by atoms with E-state index in [1.807, 2.05) is 0 Å². The maximum atomic E-state index is 12.1. The van der Waals surface area contributed by atoms with Crippen LogP contribution in [0.4, 0.5) is 4.79 Å². The summed E-state index contributed by atoms with van der Waals surface area (Å²) in [5, 5.41) is 4.94. The first-order valence-electron chi connectivity index (χ1n) is 5.84. The van der Waals surface area contributed by atoms with E-state index >= 15 is 0 Å². The van der Waals surface area contributed by atoms with Crippen molar-refractivity contribution in [2.24, 2.45) is 10.9 Å². The second-order valence-corrected chi connectivity index (χ2v) is 8.22. The predicted octanol–water partition coefficient (Wildman–Crippen LogP) is -0.131. The molecule has 0 aromatic rings. The van der Waals surface area contributed by atoms with E-state index < -0.39 is 26.6 Å². The number of carbonyl (C=O) groups is 1. The van der Waals surface area contributed by atoms with Crippen molar-refractivity contribution < 1.29 is 17.9 Å². The molecule has 0 aromatic carbocycles. The smallest absolute Gasteiger partial charge is 0.411 e. The summed E-state index contributed by atoms with van der Waals surface area (Å²) in [6.07, 6.45) is -0.659. The number of hydrogen-bond donors (Lipinski definition) is 3. The van der Waals surface area contributed by atoms with E-state index in [0.717, 1.165) is 4.90 Å². The fourth-order valence-corrected chi connectivity index (χ4v) is 3.77. The predicted molar refractivity (Wildman–Crippen MR) is 75.2 cm³/mol. The van der Waals surface area contributed by atoms with Crippen LogP contribution in [-0.2, 0) is 14.8 Å². The molecule has 2 atom stereocenters. The molecule has 1 aliphatic heterocycles. The van der Waals surface area contributed by atoms with Crippen LogP contribution in [0.2, 0.25) is 0 Å². The van der Waals surface area contributed by atoms with Crippen molar-refractivity contribution in [2.45, 2.75) is 42.9 Å². The fourth-order valence-electron chi connectivity index (χ4n) is 2.06. The lowest BCUT2D eigenvalue weighted by atomic mass is 10.2. The van der Waals surface area contributed by atoms with Gasteiger partial charge >= 0.3 is 6.09 Å². The number of rotatable bonds is 2. The first-order chi connectivity index (χ1) is 8.43. The van der Waals surface area contributed by atoms with Gasteiger partial charge in [-0.1, -0.05) is 0 Å². The van der Waals surface area contributed by atoms with E-state index in [1.54, 1.807) is 20.8 Å². The Morgan fingerprint density at radius 1 is 1.53 bits per heavy atom. The molecule has 0 aliphatic carbocycles. The van der Waals surface area contributed by atoms with Crippen molar-refractivity contribution in [3.63, 3.8) is 0 Å². The molecule has 0 bridgehead atoms. The summed E-state index contributed by atoms with van der Waals surface area (Å²) in [5.74, 6) is 0. The Kier molecular flexibility index (Phi) is 4.45. The zero-order valence-electron chi connectivity index (χ0n) is 11.3. The van der Waals surface area contributed by atoms with Crippen molar-refractivity contribution in [3.05, 3.63) is 0 Å². The van der Waals surface area contributed by atoms with Gasteiger partial charge in [-0.25, -0.2) is 18.4 Å². The van der Waals surface area contributed by atoms with E-state index in [0.29, 0.717) is 0 Å². The van der Waals surface area contributed by atoms with Crippen LogP contribution in [0.25, 0.3) is 0 Å². The molecule has 1 heterocycles. The molecule has 1 fully saturated rings. The Labute approximate surface area is 119 Å². The number of nitrogens with two attached hydrogens (primary N) is 2. The van der Waals surface area contributed by atoms with Gasteiger partial charge in [0.15, 0.2) is 4.87 Å². The van der Waals surface area contributed by atoms with E-state index in [2.05, 4.69) is 12.6 Å². The zero-order chi connectivity index (χ0) is 15.1. The number of ether oxygens (including phenoxy) is 1. The Bertz CT molecular complexity index is 460. The first kappa shape index (κ1) is 16.5. The average Bonchev–Trinajstić information content (AvgIpc) is 2.53. The number of carbonyl (C=O) groups excluding carboxylic acids is 1. The minimum Gasteiger partial charge on any atom is -0.444 e. The highest BCUT2D eigenvalue weighted by Gasteiger charge is 2.55. The summed E-state index contributed by atoms with van der Waals surface area (Å²) in [7, 11) is -4.05. The third-order valence-corrected chi connectivity index (χ3v) is 4.86. The van der Waals surface area contributed by atoms with Gasteiger partial charge in [0.25, 0.3) is 0 Å². The molecular weight excluding hydrogens is 290 g/mol. The second kappa shape index (κ2) is 5.12. The second-order valence-electron chi connectivity index (χ2n) is 5.64. The molecule has 1 saturated heterocycles. The van der Waals surface area contributed by atoms with Gasteiger partial charge in [-0.15, -0.1) is 0 Å². The quantitative estimate of drug-likeness (QED) is 0.614. The largest absolute Gasteiger partial charge is 0.444 e. The normalized spacial score (nSPS) is 28.5. The SMILES string of the molecule is CC(C)(C)OC(=O)N1CC(S)CC1(CN)S(N)(=O)=O. The lowest BCUT2D eigenvalue weighted by Gasteiger charge is -2.35. The highest BCUT2D eigenvalue weighted by Crippen LogP contribution is 2.35. The molecule has 2 unspecified atom stereocenters. The van der Waals surface area contributed by atoms with E-state index in [1.165, 1.54) is 0 Å². The molecule has 1 amide bonds. The number of sulfonamides is 1. The Hall–Kier alpha value is -0.510. The van der Waals surface area contributed by atoms with Crippen molar-refractivity contribution in [2.75, 3.05) is 13.1 Å². The molecule has 7 nitrogen and oxygen atoms in total. The van der Waals surface area contributed by atoms with E-state index in [-0.39, 0.29) is 24.8 Å². The van der Waals surface area contributed by atoms with Gasteiger partial charge in [-0.3, -0.25) is 4.90 Å². The molecule has 1 rings (SSSR count). The van der Waals surface area contributed by atoms with Crippen molar-refractivity contribution >= 4 is 28.7 Å². The van der Waals surface area contributed by atoms with Crippen molar-refractivity contribution in [3.8, 4) is 0 Å². The third-order valence-electron chi connectivity index (χ3n) is 2.90. The van der Waals surface area contributed by atoms with Crippen molar-refractivity contribution in [1.29, 1.82) is 0 Å². The lowest BCUT2D eigenvalue weighted by molar-refractivity contribution is 0.0192. The first-order valence-corrected chi connectivity index (χ1v) is 7.90. The monoisotopic (exact) mass is 311 g/mol. The maximum Gasteiger partial charge on any atom is 0.411 e. The number of thiol groups is 1. The minimum atomic E-state index is -4.05. The molecule has 112 valence electrons. The molecule has 9 heteroatoms. The minimum absolute atomic E-state index is 0.0880. The Balaban J connectivity index is 3.14. The van der Waals surface area contributed by atoms with Gasteiger partial charge in [0.05, 0.1) is 0 Å². The molecule has 1 aliphatic rings. The third kappa shape index (κ3) is 3.33. The van der Waals surface area contributed by atoms with Gasteiger partial charge in [-0.2, -0.15) is 12.6 Å². The van der Waals surface area contributed by atoms with Crippen LogP contribution in [0.1, 0.15) is 27.2 Å². The summed E-state index contributed by atoms with van der Waals surface area (Å²) < 4.78 is 28.9. The fraction of sp³-hybridized carbons (Fsp3) is 0.900. The number of likely N-dealkylation sites (tertiary alicyclic amines) is 1. The van der Waals surface area contributed by atoms with Crippen LogP contribution >= 0.6 is 12.6 Å². The van der Waals surface area contributed by atoms with Crippen molar-refractivity contribution in [1.82, 2.24) is 4.90 Å². The molecule has 19 heavy (non-hydrogen) atoms. The molecule has 0 spiro atoms. The van der Waals surface area contributed by atoms with E-state index in [4.69, 9.17) is 15.6 Å². The van der Waals surface area contributed by atoms with Gasteiger partial charge in [0.2, 0.25) is 10.0 Å². The lowest BCUT2D eigenvalue weighted by Crippen LogP contribution is -2.60. The standard InChI is InChI=1S/C10H21N3O4S2/c1-9(2,3)17-8(14)13-5-7(18)4-10(13,6-11)19(12,15)16/h7,18H,4-6,11H2,1-3H3,(H2,12,15,16). The van der Waals surface area contributed by atoms with Gasteiger partial charge in [0.1, 0.15) is 5.60 Å². The number of nitrogens with zero attached hydrogens (tertiary/aromatic N) is 1. The topological polar surface area (TPSA) is 116 Å². The molecule has 4 N–H and O–H groups in total. The summed E-state index contributed by atoms with van der Waals surface area (Å²) in [4.78, 5) is 11.6. The summed E-state index contributed by atoms with van der Waals surface area (Å²) >= 11 is 4.23. The van der Waals surface area contributed by atoms with Crippen LogP contribution in [-0.4, -0.2) is 48.2 Å². The van der Waals surface area contributed by atoms with Crippen LogP contribution in [0, 0.1) is 0 Å². The number of hydrogen-bond acceptors (Lipinski definition) is 6. The summed E-state index contributed by atoms with van der Waals surface area (Å²) in [6.45, 7) is 4.93. The molecule has 0 saturated carbocycles. The van der Waals surface area contributed by atoms with Crippen LogP contribution < -0.4 is 10.9 Å². The highest BCUT2D eigenvalue weighted by molar-refractivity contribution is 7.90. The Morgan fingerprint density at radius 2 is 2.05 bits per heavy atom. The Morgan fingerprint density at radius 3 is 2.42 bits per heavy atom. The molecular formula is C10H21N3O4S2. The molecule has 0 radical (unpaired) electrons. The summed E-state index contributed by atoms with van der Waals surface area (Å²) in [6, 6.07) is 0. The van der Waals surface area contributed by atoms with Gasteiger partial charge in [0, 0.05) is 24.8 Å². The van der Waals surface area contributed by atoms with Crippen LogP contribution in [0.15, 0.2) is 0 Å². The van der Waals surface area contributed by atoms with E-state index in [9.17, 15) is 13.2 Å². The highest BCUT2D eigenvalue weighted by atomic mass is 32.2.